The Morgan fingerprint density at radius 1 is 1.33 bits per heavy atom. The van der Waals surface area contributed by atoms with E-state index in [9.17, 15) is 0 Å². The summed E-state index contributed by atoms with van der Waals surface area (Å²) in [7, 11) is 0. The highest BCUT2D eigenvalue weighted by atomic mass is 32.1. The van der Waals surface area contributed by atoms with Gasteiger partial charge in [0, 0.05) is 12.5 Å². The van der Waals surface area contributed by atoms with Crippen LogP contribution in [-0.4, -0.2) is 6.61 Å². The van der Waals surface area contributed by atoms with Crippen LogP contribution in [0.3, 0.4) is 0 Å². The molecule has 1 unspecified atom stereocenters. The van der Waals surface area contributed by atoms with Crippen molar-refractivity contribution in [3.8, 4) is 5.75 Å². The summed E-state index contributed by atoms with van der Waals surface area (Å²) in [6.07, 6.45) is 3.07. The van der Waals surface area contributed by atoms with Crippen LogP contribution in [-0.2, 0) is 12.8 Å². The summed E-state index contributed by atoms with van der Waals surface area (Å²) in [6, 6.07) is 8.79. The topological polar surface area (TPSA) is 35.2 Å². The Morgan fingerprint density at radius 3 is 3.11 bits per heavy atom. The fourth-order valence-corrected chi connectivity index (χ4v) is 3.10. The minimum atomic E-state index is 0.153. The smallest absolute Gasteiger partial charge is 0.122 e. The van der Waals surface area contributed by atoms with Crippen LogP contribution in [0.4, 0.5) is 0 Å². The Kier molecular flexibility index (Phi) is 3.35. The summed E-state index contributed by atoms with van der Waals surface area (Å²) in [5, 5.41) is 4.23. The molecule has 0 amide bonds. The van der Waals surface area contributed by atoms with Gasteiger partial charge in [0.2, 0.25) is 0 Å². The molecule has 2 heterocycles. The van der Waals surface area contributed by atoms with E-state index in [1.807, 2.05) is 0 Å². The normalized spacial score (nSPS) is 15.2. The van der Waals surface area contributed by atoms with Gasteiger partial charge in [-0.25, -0.2) is 0 Å². The van der Waals surface area contributed by atoms with Crippen LogP contribution >= 0.6 is 11.3 Å². The Balaban J connectivity index is 1.63. The number of nitrogens with two attached hydrogens (primary N) is 1. The van der Waals surface area contributed by atoms with Crippen LogP contribution in [0.1, 0.15) is 29.2 Å². The molecule has 0 radical (unpaired) electrons. The van der Waals surface area contributed by atoms with Crippen molar-refractivity contribution in [2.75, 3.05) is 6.61 Å². The molecule has 1 aliphatic heterocycles. The second kappa shape index (κ2) is 5.12. The fraction of sp³-hybridized carbons (Fsp3) is 0.333. The van der Waals surface area contributed by atoms with E-state index in [0.29, 0.717) is 0 Å². The van der Waals surface area contributed by atoms with Crippen molar-refractivity contribution < 1.29 is 4.74 Å². The molecule has 1 aliphatic rings. The van der Waals surface area contributed by atoms with E-state index in [1.165, 1.54) is 16.7 Å². The SMILES string of the molecule is NC(CCc1ccc2c(c1)CCO2)c1ccsc1. The van der Waals surface area contributed by atoms with Gasteiger partial charge in [-0.3, -0.25) is 0 Å². The van der Waals surface area contributed by atoms with E-state index in [0.717, 1.165) is 31.6 Å². The van der Waals surface area contributed by atoms with Crippen LogP contribution in [0.15, 0.2) is 35.0 Å². The number of rotatable bonds is 4. The third-order valence-corrected chi connectivity index (χ3v) is 4.17. The minimum absolute atomic E-state index is 0.153. The average molecular weight is 259 g/mol. The van der Waals surface area contributed by atoms with E-state index < -0.39 is 0 Å². The van der Waals surface area contributed by atoms with Crippen molar-refractivity contribution >= 4 is 11.3 Å². The molecule has 0 saturated heterocycles. The van der Waals surface area contributed by atoms with Crippen molar-refractivity contribution in [3.63, 3.8) is 0 Å². The molecule has 94 valence electrons. The lowest BCUT2D eigenvalue weighted by Crippen LogP contribution is -2.10. The molecule has 0 aliphatic carbocycles. The number of ether oxygens (including phenoxy) is 1. The van der Waals surface area contributed by atoms with Crippen molar-refractivity contribution in [1.29, 1.82) is 0 Å². The zero-order valence-corrected chi connectivity index (χ0v) is 11.1. The molecular weight excluding hydrogens is 242 g/mol. The zero-order chi connectivity index (χ0) is 12.4. The van der Waals surface area contributed by atoms with Gasteiger partial charge in [-0.2, -0.15) is 11.3 Å². The lowest BCUT2D eigenvalue weighted by Gasteiger charge is -2.10. The third-order valence-electron chi connectivity index (χ3n) is 3.47. The van der Waals surface area contributed by atoms with Crippen LogP contribution in [0, 0.1) is 0 Å². The first-order valence-corrected chi connectivity index (χ1v) is 7.29. The Hall–Kier alpha value is -1.32. The molecule has 0 saturated carbocycles. The van der Waals surface area contributed by atoms with Gasteiger partial charge in [-0.05, 0) is 52.4 Å². The van der Waals surface area contributed by atoms with Gasteiger partial charge in [0.25, 0.3) is 0 Å². The molecule has 0 bridgehead atoms. The van der Waals surface area contributed by atoms with E-state index in [-0.39, 0.29) is 6.04 Å². The molecule has 1 atom stereocenters. The zero-order valence-electron chi connectivity index (χ0n) is 10.3. The Bertz CT molecular complexity index is 521. The molecule has 3 heteroatoms. The van der Waals surface area contributed by atoms with Crippen molar-refractivity contribution in [2.45, 2.75) is 25.3 Å². The second-order valence-corrected chi connectivity index (χ2v) is 5.52. The highest BCUT2D eigenvalue weighted by Gasteiger charge is 2.12. The predicted octanol–water partition coefficient (Wildman–Crippen LogP) is 3.32. The van der Waals surface area contributed by atoms with Gasteiger partial charge in [0.05, 0.1) is 6.61 Å². The monoisotopic (exact) mass is 259 g/mol. The van der Waals surface area contributed by atoms with Crippen LogP contribution in [0.5, 0.6) is 5.75 Å². The van der Waals surface area contributed by atoms with Gasteiger partial charge in [-0.15, -0.1) is 0 Å². The number of fused-ring (bicyclic) bond motifs is 1. The van der Waals surface area contributed by atoms with Gasteiger partial charge in [0.1, 0.15) is 5.75 Å². The largest absolute Gasteiger partial charge is 0.493 e. The van der Waals surface area contributed by atoms with Crippen molar-refractivity contribution in [1.82, 2.24) is 0 Å². The summed E-state index contributed by atoms with van der Waals surface area (Å²) in [5.74, 6) is 1.06. The maximum absolute atomic E-state index is 6.18. The Labute approximate surface area is 111 Å². The molecule has 3 rings (SSSR count). The standard InChI is InChI=1S/C15H17NOS/c16-14(13-6-8-18-10-13)3-1-11-2-4-15-12(9-11)5-7-17-15/h2,4,6,8-10,14H,1,3,5,7,16H2. The number of benzene rings is 1. The van der Waals surface area contributed by atoms with E-state index >= 15 is 0 Å². The number of thiophene rings is 1. The first kappa shape index (κ1) is 11.8. The van der Waals surface area contributed by atoms with E-state index in [2.05, 4.69) is 35.0 Å². The number of aryl methyl sites for hydroxylation is 1. The molecule has 1 aromatic carbocycles. The summed E-state index contributed by atoms with van der Waals surface area (Å²) >= 11 is 1.71. The van der Waals surface area contributed by atoms with Gasteiger partial charge >= 0.3 is 0 Å². The molecule has 0 fully saturated rings. The van der Waals surface area contributed by atoms with Gasteiger partial charge in [0.15, 0.2) is 0 Å². The molecule has 18 heavy (non-hydrogen) atoms. The van der Waals surface area contributed by atoms with Crippen LogP contribution < -0.4 is 10.5 Å². The summed E-state index contributed by atoms with van der Waals surface area (Å²) in [6.45, 7) is 0.827. The van der Waals surface area contributed by atoms with E-state index in [1.54, 1.807) is 11.3 Å². The van der Waals surface area contributed by atoms with Crippen LogP contribution in [0.2, 0.25) is 0 Å². The Morgan fingerprint density at radius 2 is 2.28 bits per heavy atom. The van der Waals surface area contributed by atoms with Gasteiger partial charge < -0.3 is 10.5 Å². The van der Waals surface area contributed by atoms with Crippen molar-refractivity contribution in [2.24, 2.45) is 5.73 Å². The van der Waals surface area contributed by atoms with Crippen molar-refractivity contribution in [3.05, 3.63) is 51.7 Å². The quantitative estimate of drug-likeness (QED) is 0.914. The lowest BCUT2D eigenvalue weighted by atomic mass is 10.00. The van der Waals surface area contributed by atoms with Crippen LogP contribution in [0.25, 0.3) is 0 Å². The first-order valence-electron chi connectivity index (χ1n) is 6.35. The van der Waals surface area contributed by atoms with Gasteiger partial charge in [-0.1, -0.05) is 12.1 Å². The molecule has 0 spiro atoms. The fourth-order valence-electron chi connectivity index (χ4n) is 2.37. The maximum atomic E-state index is 6.18. The molecule has 1 aromatic heterocycles. The molecule has 2 N–H and O–H groups in total. The number of hydrogen-bond donors (Lipinski definition) is 1. The summed E-state index contributed by atoms with van der Waals surface area (Å²) in [4.78, 5) is 0. The number of hydrogen-bond acceptors (Lipinski definition) is 3. The molecule has 2 nitrogen and oxygen atoms in total. The maximum Gasteiger partial charge on any atom is 0.122 e. The minimum Gasteiger partial charge on any atom is -0.493 e. The molecule has 2 aromatic rings. The highest BCUT2D eigenvalue weighted by molar-refractivity contribution is 7.07. The lowest BCUT2D eigenvalue weighted by molar-refractivity contribution is 0.357. The first-order chi connectivity index (χ1) is 8.83. The second-order valence-electron chi connectivity index (χ2n) is 4.74. The molecular formula is C15H17NOS. The highest BCUT2D eigenvalue weighted by Crippen LogP contribution is 2.27. The summed E-state index contributed by atoms with van der Waals surface area (Å²) in [5.41, 5.74) is 10.1. The predicted molar refractivity (Wildman–Crippen MR) is 75.2 cm³/mol. The third kappa shape index (κ3) is 2.42. The average Bonchev–Trinajstić information content (AvgIpc) is 3.05. The van der Waals surface area contributed by atoms with E-state index in [4.69, 9.17) is 10.5 Å². The summed E-state index contributed by atoms with van der Waals surface area (Å²) < 4.78 is 5.51.